The van der Waals surface area contributed by atoms with Gasteiger partial charge in [0.05, 0.1) is 24.5 Å². The fraction of sp³-hybridized carbons (Fsp3) is 0.333. The molecular weight excluding hydrogens is 399 g/mol. The van der Waals surface area contributed by atoms with Crippen LogP contribution in [0, 0.1) is 0 Å². The fourth-order valence-electron chi connectivity index (χ4n) is 2.44. The van der Waals surface area contributed by atoms with E-state index in [1.165, 1.54) is 12.1 Å². The standard InChI is InChI=1S/C21H24F3N3O3/c1-2-3-12-30-16-10-8-15(9-11-16)20(29)25-13-19(28)27-18-7-5-4-6-17(18)26-14-21(22,23)24/h4-11,26H,2-3,12-14H2,1H3,(H,25,29)(H,27,28). The number of halogens is 3. The van der Waals surface area contributed by atoms with Gasteiger partial charge in [0, 0.05) is 5.56 Å². The van der Waals surface area contributed by atoms with Gasteiger partial charge in [-0.2, -0.15) is 13.2 Å². The van der Waals surface area contributed by atoms with Gasteiger partial charge in [0.1, 0.15) is 12.3 Å². The lowest BCUT2D eigenvalue weighted by Gasteiger charge is -2.14. The number of benzene rings is 2. The summed E-state index contributed by atoms with van der Waals surface area (Å²) in [6.45, 7) is 1.10. The highest BCUT2D eigenvalue weighted by Crippen LogP contribution is 2.23. The minimum Gasteiger partial charge on any atom is -0.494 e. The second kappa shape index (κ2) is 11.1. The molecule has 3 N–H and O–H groups in total. The maximum atomic E-state index is 12.4. The zero-order valence-electron chi connectivity index (χ0n) is 16.5. The van der Waals surface area contributed by atoms with Gasteiger partial charge in [0.15, 0.2) is 0 Å². The number of amides is 2. The molecule has 0 aliphatic carbocycles. The van der Waals surface area contributed by atoms with Crippen LogP contribution in [-0.2, 0) is 4.79 Å². The van der Waals surface area contributed by atoms with Gasteiger partial charge in [-0.1, -0.05) is 25.5 Å². The maximum absolute atomic E-state index is 12.4. The summed E-state index contributed by atoms with van der Waals surface area (Å²) in [4.78, 5) is 24.3. The molecule has 9 heteroatoms. The highest BCUT2D eigenvalue weighted by atomic mass is 19.4. The lowest BCUT2D eigenvalue weighted by Crippen LogP contribution is -2.33. The van der Waals surface area contributed by atoms with Gasteiger partial charge in [-0.05, 0) is 42.8 Å². The Morgan fingerprint density at radius 2 is 1.67 bits per heavy atom. The third kappa shape index (κ3) is 8.02. The highest BCUT2D eigenvalue weighted by Gasteiger charge is 2.27. The van der Waals surface area contributed by atoms with Crippen LogP contribution in [0.4, 0.5) is 24.5 Å². The Morgan fingerprint density at radius 1 is 1.00 bits per heavy atom. The molecule has 0 unspecified atom stereocenters. The number of hydrogen-bond acceptors (Lipinski definition) is 4. The van der Waals surface area contributed by atoms with Crippen LogP contribution < -0.4 is 20.7 Å². The van der Waals surface area contributed by atoms with E-state index in [2.05, 4.69) is 22.9 Å². The monoisotopic (exact) mass is 423 g/mol. The van der Waals surface area contributed by atoms with E-state index < -0.39 is 24.5 Å². The van der Waals surface area contributed by atoms with Crippen LogP contribution in [0.3, 0.4) is 0 Å². The highest BCUT2D eigenvalue weighted by molar-refractivity contribution is 6.00. The summed E-state index contributed by atoms with van der Waals surface area (Å²) in [6, 6.07) is 12.5. The predicted molar refractivity (Wildman–Crippen MR) is 109 cm³/mol. The smallest absolute Gasteiger partial charge is 0.405 e. The van der Waals surface area contributed by atoms with Gasteiger partial charge >= 0.3 is 6.18 Å². The summed E-state index contributed by atoms with van der Waals surface area (Å²) in [5.41, 5.74) is 0.681. The van der Waals surface area contributed by atoms with Crippen molar-refractivity contribution in [3.63, 3.8) is 0 Å². The number of carbonyl (C=O) groups is 2. The summed E-state index contributed by atoms with van der Waals surface area (Å²) in [5.74, 6) is -0.362. The van der Waals surface area contributed by atoms with Gasteiger partial charge in [-0.25, -0.2) is 0 Å². The lowest BCUT2D eigenvalue weighted by atomic mass is 10.2. The number of ether oxygens (including phenoxy) is 1. The van der Waals surface area contributed by atoms with Gasteiger partial charge in [0.25, 0.3) is 5.91 Å². The Labute approximate surface area is 172 Å². The third-order valence-corrected chi connectivity index (χ3v) is 3.97. The SMILES string of the molecule is CCCCOc1ccc(C(=O)NCC(=O)Nc2ccccc2NCC(F)(F)F)cc1. The average Bonchev–Trinajstić information content (AvgIpc) is 2.71. The molecule has 6 nitrogen and oxygen atoms in total. The van der Waals surface area contributed by atoms with Gasteiger partial charge < -0.3 is 20.7 Å². The molecule has 0 aliphatic rings. The Hall–Kier alpha value is -3.23. The van der Waals surface area contributed by atoms with Crippen LogP contribution >= 0.6 is 0 Å². The molecule has 162 valence electrons. The van der Waals surface area contributed by atoms with Crippen molar-refractivity contribution in [3.05, 3.63) is 54.1 Å². The van der Waals surface area contributed by atoms with Crippen LogP contribution in [0.5, 0.6) is 5.75 Å². The average molecular weight is 423 g/mol. The van der Waals surface area contributed by atoms with E-state index in [0.717, 1.165) is 12.8 Å². The number of carbonyl (C=O) groups excluding carboxylic acids is 2. The summed E-state index contributed by atoms with van der Waals surface area (Å²) in [5, 5.41) is 7.20. The minimum atomic E-state index is -4.39. The van der Waals surface area contributed by atoms with Crippen molar-refractivity contribution >= 4 is 23.2 Å². The van der Waals surface area contributed by atoms with Crippen molar-refractivity contribution in [1.29, 1.82) is 0 Å². The fourth-order valence-corrected chi connectivity index (χ4v) is 2.44. The van der Waals surface area contributed by atoms with Crippen molar-refractivity contribution in [1.82, 2.24) is 5.32 Å². The zero-order valence-corrected chi connectivity index (χ0v) is 16.5. The molecule has 2 aromatic rings. The van der Waals surface area contributed by atoms with Crippen LogP contribution in [0.1, 0.15) is 30.1 Å². The zero-order chi connectivity index (χ0) is 22.0. The first-order valence-corrected chi connectivity index (χ1v) is 9.49. The first kappa shape index (κ1) is 23.1. The van der Waals surface area contributed by atoms with E-state index in [0.29, 0.717) is 17.9 Å². The Balaban J connectivity index is 1.85. The largest absolute Gasteiger partial charge is 0.494 e. The van der Waals surface area contributed by atoms with E-state index in [1.54, 1.807) is 36.4 Å². The topological polar surface area (TPSA) is 79.5 Å². The summed E-state index contributed by atoms with van der Waals surface area (Å²) in [7, 11) is 0. The molecule has 0 saturated heterocycles. The van der Waals surface area contributed by atoms with E-state index >= 15 is 0 Å². The predicted octanol–water partition coefficient (Wildman–Crippen LogP) is 4.21. The molecule has 2 aromatic carbocycles. The van der Waals surface area contributed by atoms with E-state index in [-0.39, 0.29) is 17.9 Å². The van der Waals surface area contributed by atoms with Crippen LogP contribution in [-0.4, -0.2) is 37.7 Å². The van der Waals surface area contributed by atoms with E-state index in [4.69, 9.17) is 4.74 Å². The van der Waals surface area contributed by atoms with E-state index in [9.17, 15) is 22.8 Å². The Morgan fingerprint density at radius 3 is 2.30 bits per heavy atom. The number of nitrogens with one attached hydrogen (secondary N) is 3. The summed E-state index contributed by atoms with van der Waals surface area (Å²) < 4.78 is 42.7. The van der Waals surface area contributed by atoms with Gasteiger partial charge in [0.2, 0.25) is 5.91 Å². The normalized spacial score (nSPS) is 10.9. The number of alkyl halides is 3. The van der Waals surface area contributed by atoms with Crippen molar-refractivity contribution in [2.75, 3.05) is 30.3 Å². The number of hydrogen-bond donors (Lipinski definition) is 3. The van der Waals surface area contributed by atoms with Crippen molar-refractivity contribution in [2.24, 2.45) is 0 Å². The molecule has 2 rings (SSSR count). The molecule has 0 fully saturated rings. The molecule has 0 bridgehead atoms. The lowest BCUT2D eigenvalue weighted by molar-refractivity contribution is -0.115. The number of rotatable bonds is 10. The molecule has 0 saturated carbocycles. The second-order valence-electron chi connectivity index (χ2n) is 6.47. The minimum absolute atomic E-state index is 0.133. The molecule has 30 heavy (non-hydrogen) atoms. The maximum Gasteiger partial charge on any atom is 0.405 e. The van der Waals surface area contributed by atoms with Gasteiger partial charge in [-0.15, -0.1) is 0 Å². The van der Waals surface area contributed by atoms with Crippen molar-refractivity contribution < 1.29 is 27.5 Å². The number of unbranched alkanes of at least 4 members (excludes halogenated alkanes) is 1. The molecule has 0 aromatic heterocycles. The van der Waals surface area contributed by atoms with Crippen LogP contribution in [0.2, 0.25) is 0 Å². The Kier molecular flexibility index (Phi) is 8.52. The number of para-hydroxylation sites is 2. The van der Waals surface area contributed by atoms with Crippen LogP contribution in [0.25, 0.3) is 0 Å². The summed E-state index contributed by atoms with van der Waals surface area (Å²) in [6.07, 6.45) is -2.43. The van der Waals surface area contributed by atoms with Crippen LogP contribution in [0.15, 0.2) is 48.5 Å². The molecule has 0 spiro atoms. The first-order chi connectivity index (χ1) is 14.3. The first-order valence-electron chi connectivity index (χ1n) is 9.49. The summed E-state index contributed by atoms with van der Waals surface area (Å²) >= 11 is 0. The Bertz CT molecular complexity index is 839. The van der Waals surface area contributed by atoms with E-state index in [1.807, 2.05) is 0 Å². The quantitative estimate of drug-likeness (QED) is 0.500. The molecule has 0 atom stereocenters. The van der Waals surface area contributed by atoms with Crippen molar-refractivity contribution in [3.8, 4) is 5.75 Å². The second-order valence-corrected chi connectivity index (χ2v) is 6.47. The molecule has 0 radical (unpaired) electrons. The molecule has 0 heterocycles. The molecular formula is C21H24F3N3O3. The molecule has 2 amide bonds. The van der Waals surface area contributed by atoms with Gasteiger partial charge in [-0.3, -0.25) is 9.59 Å². The van der Waals surface area contributed by atoms with Crippen molar-refractivity contribution in [2.45, 2.75) is 25.9 Å². The molecule has 0 aliphatic heterocycles. The third-order valence-electron chi connectivity index (χ3n) is 3.97. The number of anilines is 2.